The maximum Gasteiger partial charge on any atom is 0.322 e. The molecule has 0 radical (unpaired) electrons. The average molecular weight is 518 g/mol. The minimum absolute atomic E-state index is 0.0529. The number of carbonyl (C=O) groups excluding carboxylic acids is 2. The van der Waals surface area contributed by atoms with E-state index in [0.29, 0.717) is 12.2 Å². The second-order valence-corrected chi connectivity index (χ2v) is 11.0. The van der Waals surface area contributed by atoms with Crippen LogP contribution in [0, 0.1) is 0 Å². The molecule has 1 aromatic heterocycles. The highest BCUT2D eigenvalue weighted by atomic mass is 32.2. The lowest BCUT2D eigenvalue weighted by molar-refractivity contribution is -0.152. The van der Waals surface area contributed by atoms with Crippen LogP contribution in [-0.4, -0.2) is 66.3 Å². The van der Waals surface area contributed by atoms with Crippen LogP contribution in [0.15, 0.2) is 53.6 Å². The zero-order valence-electron chi connectivity index (χ0n) is 18.0. The van der Waals surface area contributed by atoms with Crippen molar-refractivity contribution in [3.8, 4) is 0 Å². The van der Waals surface area contributed by atoms with E-state index in [0.717, 1.165) is 10.5 Å². The number of hydrogen-bond donors (Lipinski definition) is 4. The van der Waals surface area contributed by atoms with E-state index < -0.39 is 16.8 Å². The molecule has 2 aliphatic heterocycles. The van der Waals surface area contributed by atoms with Gasteiger partial charge in [-0.25, -0.2) is 0 Å². The molecule has 4 rings (SSSR count). The van der Waals surface area contributed by atoms with Gasteiger partial charge in [0.1, 0.15) is 16.2 Å². The first-order chi connectivity index (χ1) is 16.3. The number of carbonyl (C=O) groups is 3. The zero-order valence-corrected chi connectivity index (χ0v) is 20.4. The summed E-state index contributed by atoms with van der Waals surface area (Å²) >= 11 is 7.38. The van der Waals surface area contributed by atoms with Crippen molar-refractivity contribution in [2.45, 2.75) is 34.0 Å². The van der Waals surface area contributed by atoms with Gasteiger partial charge in [0.05, 0.1) is 18.7 Å². The SMILES string of the molecule is NC(=S)NCc1cc(SC2(C(=O)O)CS[C@@H]3[C@H](NC(=O)Cc4ccccc4)C(=O)N3C2)ccn1. The molecule has 178 valence electrons. The molecule has 3 heterocycles. The number of carboxylic acids is 1. The quantitative estimate of drug-likeness (QED) is 0.296. The third-order valence-electron chi connectivity index (χ3n) is 5.51. The molecule has 34 heavy (non-hydrogen) atoms. The molecule has 0 bridgehead atoms. The second-order valence-electron chi connectivity index (χ2n) is 7.98. The van der Waals surface area contributed by atoms with E-state index in [1.165, 1.54) is 23.5 Å². The van der Waals surface area contributed by atoms with Crippen molar-refractivity contribution in [1.29, 1.82) is 0 Å². The number of fused-ring (bicyclic) bond motifs is 1. The number of nitrogens with one attached hydrogen (secondary N) is 2. The molecule has 1 unspecified atom stereocenters. The lowest BCUT2D eigenvalue weighted by Gasteiger charge is -2.53. The number of nitrogens with zero attached hydrogens (tertiary/aromatic N) is 2. The van der Waals surface area contributed by atoms with Crippen molar-refractivity contribution >= 4 is 58.6 Å². The number of β-lactam (4-membered cyclic amide) rings is 1. The van der Waals surface area contributed by atoms with Gasteiger partial charge in [-0.1, -0.05) is 30.3 Å². The van der Waals surface area contributed by atoms with Gasteiger partial charge in [0.25, 0.3) is 0 Å². The molecule has 2 aliphatic rings. The van der Waals surface area contributed by atoms with Gasteiger partial charge in [-0.2, -0.15) is 0 Å². The molecule has 1 aromatic carbocycles. The molecule has 5 N–H and O–H groups in total. The van der Waals surface area contributed by atoms with Crippen LogP contribution in [0.5, 0.6) is 0 Å². The molecule has 2 fully saturated rings. The Bertz CT molecular complexity index is 1120. The minimum Gasteiger partial charge on any atom is -0.480 e. The highest BCUT2D eigenvalue weighted by molar-refractivity contribution is 8.05. The van der Waals surface area contributed by atoms with Crippen LogP contribution in [0.25, 0.3) is 0 Å². The minimum atomic E-state index is -1.22. The van der Waals surface area contributed by atoms with Crippen LogP contribution in [0.1, 0.15) is 11.3 Å². The number of rotatable bonds is 8. The Labute approximate surface area is 210 Å². The van der Waals surface area contributed by atoms with Gasteiger partial charge in [0.2, 0.25) is 11.8 Å². The van der Waals surface area contributed by atoms with E-state index in [2.05, 4.69) is 15.6 Å². The lowest BCUT2D eigenvalue weighted by Crippen LogP contribution is -2.74. The molecule has 3 atom stereocenters. The maximum atomic E-state index is 12.8. The number of carboxylic acid groups (broad SMARTS) is 1. The number of benzene rings is 1. The van der Waals surface area contributed by atoms with Gasteiger partial charge in [-0.15, -0.1) is 23.5 Å². The number of amides is 2. The number of nitrogens with two attached hydrogens (primary N) is 1. The molecular formula is C22H23N5O4S3. The number of thiocarbonyl (C=S) groups is 1. The van der Waals surface area contributed by atoms with Crippen molar-refractivity contribution in [1.82, 2.24) is 20.5 Å². The van der Waals surface area contributed by atoms with Gasteiger partial charge >= 0.3 is 5.97 Å². The molecule has 2 amide bonds. The molecule has 2 saturated heterocycles. The van der Waals surface area contributed by atoms with E-state index in [4.69, 9.17) is 18.0 Å². The number of hydrogen-bond acceptors (Lipinski definition) is 7. The molecule has 2 aromatic rings. The summed E-state index contributed by atoms with van der Waals surface area (Å²) in [5, 5.41) is 15.6. The predicted molar refractivity (Wildman–Crippen MR) is 134 cm³/mol. The summed E-state index contributed by atoms with van der Waals surface area (Å²) in [6.07, 6.45) is 1.78. The van der Waals surface area contributed by atoms with Gasteiger partial charge in [-0.05, 0) is 29.9 Å². The van der Waals surface area contributed by atoms with Crippen molar-refractivity contribution in [2.24, 2.45) is 5.73 Å². The third-order valence-corrected chi connectivity index (χ3v) is 8.70. The summed E-state index contributed by atoms with van der Waals surface area (Å²) in [5.41, 5.74) is 6.99. The van der Waals surface area contributed by atoms with Crippen LogP contribution in [-0.2, 0) is 27.3 Å². The first kappa shape index (κ1) is 24.3. The van der Waals surface area contributed by atoms with E-state index in [1.807, 2.05) is 30.3 Å². The highest BCUT2D eigenvalue weighted by Crippen LogP contribution is 2.46. The second kappa shape index (κ2) is 10.2. The number of aromatic nitrogens is 1. The number of pyridine rings is 1. The van der Waals surface area contributed by atoms with Crippen LogP contribution in [0.4, 0.5) is 0 Å². The molecule has 0 saturated carbocycles. The summed E-state index contributed by atoms with van der Waals surface area (Å²) in [6, 6.07) is 12.2. The Balaban J connectivity index is 1.40. The van der Waals surface area contributed by atoms with Gasteiger partial charge < -0.3 is 26.4 Å². The summed E-state index contributed by atoms with van der Waals surface area (Å²) in [4.78, 5) is 44.1. The van der Waals surface area contributed by atoms with E-state index >= 15 is 0 Å². The Hall–Kier alpha value is -2.83. The summed E-state index contributed by atoms with van der Waals surface area (Å²) in [5.74, 6) is -1.20. The topological polar surface area (TPSA) is 138 Å². The molecule has 9 nitrogen and oxygen atoms in total. The molecule has 12 heteroatoms. The largest absolute Gasteiger partial charge is 0.480 e. The van der Waals surface area contributed by atoms with Crippen LogP contribution in [0.2, 0.25) is 0 Å². The van der Waals surface area contributed by atoms with Crippen LogP contribution in [0.3, 0.4) is 0 Å². The van der Waals surface area contributed by atoms with Crippen molar-refractivity contribution in [3.05, 3.63) is 59.9 Å². The molecule has 0 spiro atoms. The Morgan fingerprint density at radius 1 is 1.32 bits per heavy atom. The van der Waals surface area contributed by atoms with Crippen LogP contribution < -0.4 is 16.4 Å². The summed E-state index contributed by atoms with van der Waals surface area (Å²) < 4.78 is -1.22. The van der Waals surface area contributed by atoms with Gasteiger partial charge in [0.15, 0.2) is 5.11 Å². The average Bonchev–Trinajstić information content (AvgIpc) is 2.82. The van der Waals surface area contributed by atoms with Crippen molar-refractivity contribution in [2.75, 3.05) is 12.3 Å². The van der Waals surface area contributed by atoms with E-state index in [9.17, 15) is 19.5 Å². The van der Waals surface area contributed by atoms with Crippen molar-refractivity contribution in [3.63, 3.8) is 0 Å². The number of thioether (sulfide) groups is 2. The Morgan fingerprint density at radius 3 is 2.79 bits per heavy atom. The van der Waals surface area contributed by atoms with E-state index in [1.54, 1.807) is 23.2 Å². The fraction of sp³-hybridized carbons (Fsp3) is 0.318. The monoisotopic (exact) mass is 517 g/mol. The molecular weight excluding hydrogens is 494 g/mol. The fourth-order valence-electron chi connectivity index (χ4n) is 3.81. The van der Waals surface area contributed by atoms with Gasteiger partial charge in [0, 0.05) is 23.4 Å². The van der Waals surface area contributed by atoms with Gasteiger partial charge in [-0.3, -0.25) is 19.4 Å². The molecule has 0 aliphatic carbocycles. The Morgan fingerprint density at radius 2 is 2.09 bits per heavy atom. The first-order valence-corrected chi connectivity index (χ1v) is 12.7. The zero-order chi connectivity index (χ0) is 24.3. The summed E-state index contributed by atoms with van der Waals surface area (Å²) in [7, 11) is 0. The Kier molecular flexibility index (Phi) is 7.29. The van der Waals surface area contributed by atoms with Crippen molar-refractivity contribution < 1.29 is 19.5 Å². The first-order valence-electron chi connectivity index (χ1n) is 10.4. The lowest BCUT2D eigenvalue weighted by atomic mass is 10.0. The fourth-order valence-corrected chi connectivity index (χ4v) is 6.78. The van der Waals surface area contributed by atoms with E-state index in [-0.39, 0.29) is 41.0 Å². The maximum absolute atomic E-state index is 12.8. The third kappa shape index (κ3) is 5.29. The predicted octanol–water partition coefficient (Wildman–Crippen LogP) is 0.973. The highest BCUT2D eigenvalue weighted by Gasteiger charge is 2.57. The smallest absolute Gasteiger partial charge is 0.322 e. The standard InChI is InChI=1S/C22H23N5O4S3/c23-21(32)25-10-14-9-15(6-7-24-14)34-22(20(30)31)11-27-18(29)17(19(27)33-12-22)26-16(28)8-13-4-2-1-3-5-13/h1-7,9,17,19H,8,10-12H2,(H,26,28)(H,30,31)(H3,23,25,32)/t17-,19-,22?/m1/s1. The normalized spacial score (nSPS) is 23.4. The summed E-state index contributed by atoms with van der Waals surface area (Å²) in [6.45, 7) is 0.382. The number of aliphatic carboxylic acids is 1. The van der Waals surface area contributed by atoms with Crippen LogP contribution >= 0.6 is 35.7 Å².